The molecule has 3 rings (SSSR count). The quantitative estimate of drug-likeness (QED) is 0.693. The number of rotatable bonds is 4. The van der Waals surface area contributed by atoms with E-state index in [4.69, 9.17) is 4.74 Å². The molecule has 0 unspecified atom stereocenters. The van der Waals surface area contributed by atoms with Gasteiger partial charge in [-0.3, -0.25) is 14.0 Å². The summed E-state index contributed by atoms with van der Waals surface area (Å²) in [5.74, 6) is -0.319. The summed E-state index contributed by atoms with van der Waals surface area (Å²) in [6.07, 6.45) is 1.92. The minimum absolute atomic E-state index is 0.0217. The SMILES string of the molecule is O=C(Cc1cccs1)OCc1cc(=O)n2ccsc2n1. The van der Waals surface area contributed by atoms with Crippen LogP contribution in [0.5, 0.6) is 0 Å². The summed E-state index contributed by atoms with van der Waals surface area (Å²) < 4.78 is 6.60. The van der Waals surface area contributed by atoms with Crippen molar-refractivity contribution in [2.45, 2.75) is 13.0 Å². The van der Waals surface area contributed by atoms with Gasteiger partial charge in [0.25, 0.3) is 5.56 Å². The Bertz CT molecular complexity index is 789. The first-order valence-corrected chi connectivity index (χ1v) is 7.62. The van der Waals surface area contributed by atoms with E-state index < -0.39 is 0 Å². The summed E-state index contributed by atoms with van der Waals surface area (Å²) >= 11 is 2.88. The Balaban J connectivity index is 1.67. The van der Waals surface area contributed by atoms with Gasteiger partial charge in [-0.25, -0.2) is 4.98 Å². The molecule has 0 aliphatic carbocycles. The van der Waals surface area contributed by atoms with Gasteiger partial charge in [0, 0.05) is 22.5 Å². The van der Waals surface area contributed by atoms with Crippen LogP contribution in [0.2, 0.25) is 0 Å². The van der Waals surface area contributed by atoms with Crippen LogP contribution in [-0.4, -0.2) is 15.4 Å². The van der Waals surface area contributed by atoms with E-state index in [1.165, 1.54) is 33.1 Å². The zero-order valence-corrected chi connectivity index (χ0v) is 11.9. The van der Waals surface area contributed by atoms with Gasteiger partial charge < -0.3 is 4.74 Å². The maximum Gasteiger partial charge on any atom is 0.311 e. The van der Waals surface area contributed by atoms with E-state index in [-0.39, 0.29) is 24.6 Å². The lowest BCUT2D eigenvalue weighted by atomic mass is 10.3. The second-order valence-electron chi connectivity index (χ2n) is 4.06. The molecule has 102 valence electrons. The topological polar surface area (TPSA) is 60.7 Å². The van der Waals surface area contributed by atoms with Crippen molar-refractivity contribution in [3.63, 3.8) is 0 Å². The van der Waals surface area contributed by atoms with Gasteiger partial charge in [-0.05, 0) is 11.4 Å². The highest BCUT2D eigenvalue weighted by Crippen LogP contribution is 2.11. The van der Waals surface area contributed by atoms with Crippen LogP contribution in [0.1, 0.15) is 10.6 Å². The van der Waals surface area contributed by atoms with Crippen LogP contribution in [0, 0.1) is 0 Å². The molecule has 3 aromatic heterocycles. The number of thiophene rings is 1. The number of hydrogen-bond acceptors (Lipinski definition) is 6. The summed E-state index contributed by atoms with van der Waals surface area (Å²) in [6, 6.07) is 5.16. The first kappa shape index (κ1) is 13.0. The Hall–Kier alpha value is -1.99. The number of carbonyl (C=O) groups excluding carboxylic acids is 1. The lowest BCUT2D eigenvalue weighted by Gasteiger charge is -2.03. The van der Waals surface area contributed by atoms with Crippen molar-refractivity contribution >= 4 is 33.6 Å². The van der Waals surface area contributed by atoms with Gasteiger partial charge in [0.2, 0.25) is 0 Å². The smallest absolute Gasteiger partial charge is 0.311 e. The van der Waals surface area contributed by atoms with E-state index in [0.29, 0.717) is 10.7 Å². The van der Waals surface area contributed by atoms with Crippen LogP contribution in [0.3, 0.4) is 0 Å². The number of nitrogens with zero attached hydrogens (tertiary/aromatic N) is 2. The van der Waals surface area contributed by atoms with E-state index in [2.05, 4.69) is 4.98 Å². The van der Waals surface area contributed by atoms with Crippen molar-refractivity contribution in [2.24, 2.45) is 0 Å². The highest BCUT2D eigenvalue weighted by atomic mass is 32.1. The van der Waals surface area contributed by atoms with Crippen LogP contribution in [0.25, 0.3) is 4.96 Å². The monoisotopic (exact) mass is 306 g/mol. The highest BCUT2D eigenvalue weighted by Gasteiger charge is 2.08. The molecule has 0 atom stereocenters. The second kappa shape index (κ2) is 5.56. The first-order chi connectivity index (χ1) is 9.72. The minimum atomic E-state index is -0.319. The molecule has 7 heteroatoms. The summed E-state index contributed by atoms with van der Waals surface area (Å²) in [4.78, 5) is 29.2. The predicted octanol–water partition coefficient (Wildman–Crippen LogP) is 2.10. The van der Waals surface area contributed by atoms with Crippen LogP contribution in [0.15, 0.2) is 40.0 Å². The van der Waals surface area contributed by atoms with Gasteiger partial charge in [-0.2, -0.15) is 0 Å². The molecule has 3 heterocycles. The standard InChI is InChI=1S/C13H10N2O3S2/c16-11-6-9(14-13-15(11)3-5-20-13)8-18-12(17)7-10-2-1-4-19-10/h1-6H,7-8H2. The largest absolute Gasteiger partial charge is 0.459 e. The molecule has 0 fully saturated rings. The molecule has 5 nitrogen and oxygen atoms in total. The molecule has 20 heavy (non-hydrogen) atoms. The zero-order valence-electron chi connectivity index (χ0n) is 10.3. The fraction of sp³-hybridized carbons (Fsp3) is 0.154. The lowest BCUT2D eigenvalue weighted by Crippen LogP contribution is -2.15. The summed E-state index contributed by atoms with van der Waals surface area (Å²) in [5, 5.41) is 3.70. The van der Waals surface area contributed by atoms with Gasteiger partial charge in [0.05, 0.1) is 12.1 Å². The maximum absolute atomic E-state index is 11.8. The molecular formula is C13H10N2O3S2. The molecule has 0 aliphatic rings. The molecule has 0 saturated heterocycles. The van der Waals surface area contributed by atoms with Crippen LogP contribution in [0.4, 0.5) is 0 Å². The molecule has 3 aromatic rings. The van der Waals surface area contributed by atoms with Crippen molar-refractivity contribution in [1.82, 2.24) is 9.38 Å². The van der Waals surface area contributed by atoms with Crippen molar-refractivity contribution in [3.05, 3.63) is 56.1 Å². The molecule has 0 bridgehead atoms. The summed E-state index contributed by atoms with van der Waals surface area (Å²) in [7, 11) is 0. The number of esters is 1. The van der Waals surface area contributed by atoms with Crippen molar-refractivity contribution in [2.75, 3.05) is 0 Å². The number of ether oxygens (including phenoxy) is 1. The van der Waals surface area contributed by atoms with Gasteiger partial charge >= 0.3 is 5.97 Å². The number of fused-ring (bicyclic) bond motifs is 1. The average molecular weight is 306 g/mol. The van der Waals surface area contributed by atoms with Crippen molar-refractivity contribution in [1.29, 1.82) is 0 Å². The predicted molar refractivity (Wildman–Crippen MR) is 77.2 cm³/mol. The molecule has 0 saturated carbocycles. The molecule has 0 N–H and O–H groups in total. The molecule has 0 spiro atoms. The Kier molecular flexibility index (Phi) is 3.62. The molecule has 0 aromatic carbocycles. The van der Waals surface area contributed by atoms with Gasteiger partial charge in [-0.1, -0.05) is 6.07 Å². The molecule has 0 amide bonds. The second-order valence-corrected chi connectivity index (χ2v) is 5.96. The Labute approximate surface area is 122 Å². The van der Waals surface area contributed by atoms with E-state index in [1.807, 2.05) is 17.5 Å². The fourth-order valence-corrected chi connectivity index (χ4v) is 3.15. The fourth-order valence-electron chi connectivity index (χ4n) is 1.72. The van der Waals surface area contributed by atoms with Crippen LogP contribution >= 0.6 is 22.7 Å². The molecule has 0 radical (unpaired) electrons. The van der Waals surface area contributed by atoms with Gasteiger partial charge in [0.15, 0.2) is 4.96 Å². The third-order valence-corrected chi connectivity index (χ3v) is 4.27. The number of thiazole rings is 1. The first-order valence-electron chi connectivity index (χ1n) is 5.86. The average Bonchev–Trinajstić information content (AvgIpc) is 3.07. The van der Waals surface area contributed by atoms with Crippen LogP contribution < -0.4 is 5.56 Å². The third-order valence-electron chi connectivity index (χ3n) is 2.64. The maximum atomic E-state index is 11.8. The van der Waals surface area contributed by atoms with E-state index >= 15 is 0 Å². The molecule has 0 aliphatic heterocycles. The van der Waals surface area contributed by atoms with E-state index in [9.17, 15) is 9.59 Å². The van der Waals surface area contributed by atoms with Crippen molar-refractivity contribution in [3.8, 4) is 0 Å². The minimum Gasteiger partial charge on any atom is -0.459 e. The van der Waals surface area contributed by atoms with E-state index in [1.54, 1.807) is 11.6 Å². The number of aromatic nitrogens is 2. The Morgan fingerprint density at radius 1 is 1.35 bits per heavy atom. The van der Waals surface area contributed by atoms with Crippen LogP contribution in [-0.2, 0) is 22.6 Å². The normalized spacial score (nSPS) is 10.8. The summed E-state index contributed by atoms with van der Waals surface area (Å²) in [6.45, 7) is 0.0217. The van der Waals surface area contributed by atoms with E-state index in [0.717, 1.165) is 4.88 Å². The zero-order chi connectivity index (χ0) is 13.9. The van der Waals surface area contributed by atoms with Gasteiger partial charge in [-0.15, -0.1) is 22.7 Å². The lowest BCUT2D eigenvalue weighted by molar-refractivity contribution is -0.144. The summed E-state index contributed by atoms with van der Waals surface area (Å²) in [5.41, 5.74) is 0.303. The number of carbonyl (C=O) groups is 1. The Morgan fingerprint density at radius 2 is 2.25 bits per heavy atom. The van der Waals surface area contributed by atoms with Gasteiger partial charge in [0.1, 0.15) is 6.61 Å². The third kappa shape index (κ3) is 2.78. The highest BCUT2D eigenvalue weighted by molar-refractivity contribution is 7.15. The Morgan fingerprint density at radius 3 is 3.05 bits per heavy atom. The number of hydrogen-bond donors (Lipinski definition) is 0. The van der Waals surface area contributed by atoms with Crippen molar-refractivity contribution < 1.29 is 9.53 Å². The molecular weight excluding hydrogens is 296 g/mol.